The third-order valence-electron chi connectivity index (χ3n) is 1.77. The molecule has 0 aliphatic rings. The molecular weight excluding hydrogens is 210 g/mol. The van der Waals surface area contributed by atoms with E-state index in [0.29, 0.717) is 0 Å². The molecule has 80 valence electrons. The number of aliphatic carboxylic acids is 2. The van der Waals surface area contributed by atoms with E-state index in [1.165, 1.54) is 0 Å². The van der Waals surface area contributed by atoms with Gasteiger partial charge in [-0.2, -0.15) is 11.8 Å². The van der Waals surface area contributed by atoms with Crippen molar-refractivity contribution in [1.29, 1.82) is 0 Å². The van der Waals surface area contributed by atoms with E-state index in [1.54, 1.807) is 6.26 Å². The summed E-state index contributed by atoms with van der Waals surface area (Å²) in [5.41, 5.74) is 2.86. The van der Waals surface area contributed by atoms with Gasteiger partial charge in [0.05, 0.1) is 0 Å². The zero-order chi connectivity index (χ0) is 11.4. The van der Waals surface area contributed by atoms with Gasteiger partial charge in [0.1, 0.15) is 5.92 Å². The number of carbonyl (C=O) groups excluding carboxylic acids is 1. The molecule has 0 fully saturated rings. The van der Waals surface area contributed by atoms with Crippen LogP contribution in [0.1, 0.15) is 0 Å². The summed E-state index contributed by atoms with van der Waals surface area (Å²) in [5, 5.41) is 17.4. The Hall–Kier alpha value is -1.08. The molecule has 0 saturated heterocycles. The van der Waals surface area contributed by atoms with Crippen LogP contribution in [0.25, 0.3) is 0 Å². The average Bonchev–Trinajstić information content (AvgIpc) is 2.12. The maximum Gasteiger partial charge on any atom is 0.332 e. The molecule has 0 radical (unpaired) electrons. The van der Waals surface area contributed by atoms with Gasteiger partial charge < -0.3 is 20.7 Å². The molecule has 0 saturated carbocycles. The number of hydrogen-bond donors (Lipinski definition) is 3. The Labute approximate surface area is 84.5 Å². The maximum absolute atomic E-state index is 10.7. The second-order valence-corrected chi connectivity index (χ2v) is 3.61. The van der Waals surface area contributed by atoms with Gasteiger partial charge in [0, 0.05) is 5.75 Å². The van der Waals surface area contributed by atoms with Crippen molar-refractivity contribution in [3.63, 3.8) is 0 Å². The van der Waals surface area contributed by atoms with Crippen LogP contribution < -0.4 is 5.73 Å². The van der Waals surface area contributed by atoms with Crippen molar-refractivity contribution in [2.45, 2.75) is 5.54 Å². The third kappa shape index (κ3) is 2.46. The summed E-state index contributed by atoms with van der Waals surface area (Å²) in [6, 6.07) is 0. The van der Waals surface area contributed by atoms with Crippen LogP contribution in [0.15, 0.2) is 0 Å². The van der Waals surface area contributed by atoms with Crippen molar-refractivity contribution in [3.8, 4) is 0 Å². The first kappa shape index (κ1) is 12.9. The minimum atomic E-state index is -2.35. The quantitative estimate of drug-likeness (QED) is 0.390. The van der Waals surface area contributed by atoms with Gasteiger partial charge in [-0.25, -0.2) is 4.79 Å². The fourth-order valence-corrected chi connectivity index (χ4v) is 1.61. The average molecular weight is 221 g/mol. The van der Waals surface area contributed by atoms with E-state index in [2.05, 4.69) is 0 Å². The molecule has 4 N–H and O–H groups in total. The van der Waals surface area contributed by atoms with Gasteiger partial charge in [0.2, 0.25) is 0 Å². The molecule has 0 heterocycles. The summed E-state index contributed by atoms with van der Waals surface area (Å²) in [7, 11) is 0. The lowest BCUT2D eigenvalue weighted by atomic mass is 9.87. The Kier molecular flexibility index (Phi) is 4.58. The second kappa shape index (κ2) is 4.97. The smallest absolute Gasteiger partial charge is 0.332 e. The van der Waals surface area contributed by atoms with Crippen molar-refractivity contribution in [2.75, 3.05) is 12.0 Å². The van der Waals surface area contributed by atoms with Gasteiger partial charge >= 0.3 is 11.9 Å². The van der Waals surface area contributed by atoms with Crippen molar-refractivity contribution in [3.05, 3.63) is 0 Å². The van der Waals surface area contributed by atoms with E-state index in [0.717, 1.165) is 11.8 Å². The molecule has 0 aromatic rings. The van der Waals surface area contributed by atoms with E-state index in [9.17, 15) is 14.4 Å². The monoisotopic (exact) mass is 221 g/mol. The number of rotatable bonds is 6. The minimum absolute atomic E-state index is 0.0309. The molecule has 2 unspecified atom stereocenters. The summed E-state index contributed by atoms with van der Waals surface area (Å²) in [4.78, 5) is 31.8. The van der Waals surface area contributed by atoms with Crippen LogP contribution in [0.2, 0.25) is 0 Å². The van der Waals surface area contributed by atoms with E-state index < -0.39 is 23.4 Å². The summed E-state index contributed by atoms with van der Waals surface area (Å²) < 4.78 is 0. The fraction of sp³-hybridized carbons (Fsp3) is 0.571. The highest BCUT2D eigenvalue weighted by Gasteiger charge is 2.46. The van der Waals surface area contributed by atoms with Gasteiger partial charge in [0.25, 0.3) is 0 Å². The molecular formula is C7H11NO5S. The predicted octanol–water partition coefficient (Wildman–Crippen LogP) is -0.969. The normalized spacial score (nSPS) is 16.7. The molecule has 0 bridgehead atoms. The van der Waals surface area contributed by atoms with Crippen LogP contribution in [0.5, 0.6) is 0 Å². The van der Waals surface area contributed by atoms with Crippen LogP contribution in [-0.4, -0.2) is 46.0 Å². The fourth-order valence-electron chi connectivity index (χ4n) is 0.862. The molecule has 0 aliphatic heterocycles. The van der Waals surface area contributed by atoms with Crippen LogP contribution in [0.3, 0.4) is 0 Å². The van der Waals surface area contributed by atoms with Crippen molar-refractivity contribution in [2.24, 2.45) is 11.7 Å². The molecule has 0 rings (SSSR count). The lowest BCUT2D eigenvalue weighted by molar-refractivity contribution is -0.156. The summed E-state index contributed by atoms with van der Waals surface area (Å²) in [6.07, 6.45) is 1.56. The third-order valence-corrected chi connectivity index (χ3v) is 2.44. The van der Waals surface area contributed by atoms with E-state index in [1.807, 2.05) is 0 Å². The molecule has 0 amide bonds. The Bertz CT molecular complexity index is 256. The first-order chi connectivity index (χ1) is 6.40. The Morgan fingerprint density at radius 2 is 2.07 bits per heavy atom. The van der Waals surface area contributed by atoms with Crippen LogP contribution in [0.4, 0.5) is 0 Å². The molecule has 2 atom stereocenters. The number of thioether (sulfide) groups is 1. The van der Waals surface area contributed by atoms with Crippen molar-refractivity contribution < 1.29 is 24.6 Å². The summed E-state index contributed by atoms with van der Waals surface area (Å²) in [5.74, 6) is -4.48. The molecule has 0 aromatic heterocycles. The van der Waals surface area contributed by atoms with Crippen LogP contribution in [-0.2, 0) is 14.4 Å². The Morgan fingerprint density at radius 1 is 1.57 bits per heavy atom. The SMILES string of the molecule is CSCC(C(=O)O)C(N)(C=O)C(=O)O. The van der Waals surface area contributed by atoms with Crippen LogP contribution in [0, 0.1) is 5.92 Å². The minimum Gasteiger partial charge on any atom is -0.481 e. The Morgan fingerprint density at radius 3 is 2.29 bits per heavy atom. The van der Waals surface area contributed by atoms with Gasteiger partial charge in [-0.1, -0.05) is 0 Å². The van der Waals surface area contributed by atoms with Crippen molar-refractivity contribution >= 4 is 30.0 Å². The number of nitrogens with two attached hydrogens (primary N) is 1. The van der Waals surface area contributed by atoms with Gasteiger partial charge in [-0.3, -0.25) is 4.79 Å². The molecule has 6 nitrogen and oxygen atoms in total. The molecule has 14 heavy (non-hydrogen) atoms. The zero-order valence-electron chi connectivity index (χ0n) is 7.47. The second-order valence-electron chi connectivity index (χ2n) is 2.70. The van der Waals surface area contributed by atoms with E-state index in [-0.39, 0.29) is 12.0 Å². The highest BCUT2D eigenvalue weighted by atomic mass is 32.2. The lowest BCUT2D eigenvalue weighted by Gasteiger charge is -2.24. The molecule has 0 spiro atoms. The Balaban J connectivity index is 5.02. The van der Waals surface area contributed by atoms with E-state index in [4.69, 9.17) is 15.9 Å². The number of hydrogen-bond acceptors (Lipinski definition) is 5. The standard InChI is InChI=1S/C7H11NO5S/c1-14-2-4(5(10)11)7(8,3-9)6(12)13/h3-4H,2,8H2,1H3,(H,10,11)(H,12,13). The summed E-state index contributed by atoms with van der Waals surface area (Å²) >= 11 is 1.11. The van der Waals surface area contributed by atoms with E-state index >= 15 is 0 Å². The largest absolute Gasteiger partial charge is 0.481 e. The van der Waals surface area contributed by atoms with Gasteiger partial charge in [0.15, 0.2) is 11.8 Å². The zero-order valence-corrected chi connectivity index (χ0v) is 8.28. The van der Waals surface area contributed by atoms with Gasteiger partial charge in [-0.05, 0) is 6.26 Å². The number of carbonyl (C=O) groups is 3. The first-order valence-electron chi connectivity index (χ1n) is 3.60. The summed E-state index contributed by atoms with van der Waals surface area (Å²) in [6.45, 7) is 0. The first-order valence-corrected chi connectivity index (χ1v) is 4.99. The molecule has 0 aliphatic carbocycles. The van der Waals surface area contributed by atoms with Crippen LogP contribution >= 0.6 is 11.8 Å². The van der Waals surface area contributed by atoms with Gasteiger partial charge in [-0.15, -0.1) is 0 Å². The van der Waals surface area contributed by atoms with Crippen molar-refractivity contribution in [1.82, 2.24) is 0 Å². The number of carboxylic acids is 2. The topological polar surface area (TPSA) is 118 Å². The highest BCUT2D eigenvalue weighted by Crippen LogP contribution is 2.18. The number of aldehydes is 1. The highest BCUT2D eigenvalue weighted by molar-refractivity contribution is 7.98. The molecule has 0 aromatic carbocycles. The number of carboxylic acid groups (broad SMARTS) is 2. The predicted molar refractivity (Wildman–Crippen MR) is 50.1 cm³/mol. The molecule has 7 heteroatoms. The maximum atomic E-state index is 10.7. The lowest BCUT2D eigenvalue weighted by Crippen LogP contribution is -2.59.